The molecular formula is C9H7NO2S. The number of rotatable bonds is 1. The van der Waals surface area contributed by atoms with Crippen molar-refractivity contribution in [2.24, 2.45) is 0 Å². The zero-order valence-corrected chi connectivity index (χ0v) is 7.51. The van der Waals surface area contributed by atoms with Crippen LogP contribution in [0, 0.1) is 0 Å². The largest absolute Gasteiger partial charge is 0.361 e. The molecule has 0 saturated carbocycles. The minimum Gasteiger partial charge on any atom is -0.361 e. The Hall–Kier alpha value is -1.55. The summed E-state index contributed by atoms with van der Waals surface area (Å²) in [6.45, 7) is 0. The maximum atomic E-state index is 10.5. The summed E-state index contributed by atoms with van der Waals surface area (Å²) >= 11 is 0. The number of hydrogen-bond acceptors (Lipinski definition) is 2. The van der Waals surface area contributed by atoms with Gasteiger partial charge in [-0.1, -0.05) is 18.2 Å². The summed E-state index contributed by atoms with van der Waals surface area (Å²) in [6.07, 6.45) is 1.79. The van der Waals surface area contributed by atoms with Crippen LogP contribution in [0.5, 0.6) is 0 Å². The fourth-order valence-corrected chi connectivity index (χ4v) is 1.71. The van der Waals surface area contributed by atoms with Crippen LogP contribution in [0.3, 0.4) is 0 Å². The first-order chi connectivity index (χ1) is 6.27. The molecule has 0 aliphatic carbocycles. The molecule has 2 rings (SSSR count). The minimum atomic E-state index is -2.15. The molecule has 0 atom stereocenters. The van der Waals surface area contributed by atoms with Gasteiger partial charge in [-0.3, -0.25) is 0 Å². The highest BCUT2D eigenvalue weighted by Crippen LogP contribution is 2.14. The summed E-state index contributed by atoms with van der Waals surface area (Å²) in [5.41, 5.74) is 1.54. The summed E-state index contributed by atoms with van der Waals surface area (Å²) in [4.78, 5) is 2.99. The van der Waals surface area contributed by atoms with E-state index in [9.17, 15) is 8.42 Å². The van der Waals surface area contributed by atoms with Crippen LogP contribution < -0.4 is 0 Å². The molecule has 0 aliphatic rings. The molecule has 66 valence electrons. The van der Waals surface area contributed by atoms with Crippen molar-refractivity contribution < 1.29 is 8.42 Å². The molecule has 0 bridgehead atoms. The van der Waals surface area contributed by atoms with Gasteiger partial charge in [0.05, 0.1) is 10.9 Å². The van der Waals surface area contributed by atoms with Gasteiger partial charge in [-0.05, 0) is 11.5 Å². The van der Waals surface area contributed by atoms with E-state index in [0.29, 0.717) is 5.56 Å². The fourth-order valence-electron chi connectivity index (χ4n) is 1.31. The van der Waals surface area contributed by atoms with Gasteiger partial charge in [-0.15, -0.1) is 0 Å². The fraction of sp³-hybridized carbons (Fsp3) is 0. The van der Waals surface area contributed by atoms with Crippen LogP contribution >= 0.6 is 0 Å². The van der Waals surface area contributed by atoms with Crippen LogP contribution in [0.1, 0.15) is 5.56 Å². The zero-order valence-electron chi connectivity index (χ0n) is 6.69. The average Bonchev–Trinajstić information content (AvgIpc) is 2.51. The zero-order chi connectivity index (χ0) is 9.26. The van der Waals surface area contributed by atoms with E-state index >= 15 is 0 Å². The number of benzene rings is 1. The Balaban J connectivity index is 2.82. The maximum absolute atomic E-state index is 10.5. The Labute approximate surface area is 76.5 Å². The van der Waals surface area contributed by atoms with Gasteiger partial charge < -0.3 is 4.98 Å². The number of H-pyrrole nitrogens is 1. The van der Waals surface area contributed by atoms with Crippen LogP contribution in [0.15, 0.2) is 30.5 Å². The number of nitrogens with one attached hydrogen (secondary N) is 1. The van der Waals surface area contributed by atoms with E-state index in [2.05, 4.69) is 4.98 Å². The first kappa shape index (κ1) is 8.07. The molecule has 0 unspecified atom stereocenters. The molecule has 1 heterocycles. The third-order valence-corrected chi connectivity index (χ3v) is 2.29. The summed E-state index contributed by atoms with van der Waals surface area (Å²) in [5, 5.41) is 2.21. The highest BCUT2D eigenvalue weighted by Gasteiger charge is 1.97. The van der Waals surface area contributed by atoms with Crippen LogP contribution in [0.2, 0.25) is 0 Å². The van der Waals surface area contributed by atoms with Crippen molar-refractivity contribution in [3.8, 4) is 0 Å². The highest BCUT2D eigenvalue weighted by molar-refractivity contribution is 7.71. The lowest BCUT2D eigenvalue weighted by atomic mass is 10.2. The monoisotopic (exact) mass is 193 g/mol. The minimum absolute atomic E-state index is 0.691. The molecular weight excluding hydrogens is 186 g/mol. The number of fused-ring (bicyclic) bond motifs is 1. The van der Waals surface area contributed by atoms with Crippen LogP contribution in [0.4, 0.5) is 0 Å². The van der Waals surface area contributed by atoms with Crippen molar-refractivity contribution in [1.82, 2.24) is 4.98 Å². The second kappa shape index (κ2) is 3.06. The van der Waals surface area contributed by atoms with E-state index < -0.39 is 10.3 Å². The molecule has 0 amide bonds. The van der Waals surface area contributed by atoms with Crippen molar-refractivity contribution in [3.63, 3.8) is 0 Å². The van der Waals surface area contributed by atoms with Gasteiger partial charge in [-0.25, -0.2) is 0 Å². The number of aromatic nitrogens is 1. The van der Waals surface area contributed by atoms with E-state index in [4.69, 9.17) is 0 Å². The Morgan fingerprint density at radius 2 is 2.08 bits per heavy atom. The van der Waals surface area contributed by atoms with Crippen molar-refractivity contribution >= 4 is 26.6 Å². The SMILES string of the molecule is O=S(=O)=Cc1cccc2cc[nH]c12. The predicted molar refractivity (Wildman–Crippen MR) is 52.4 cm³/mol. The molecule has 2 aromatic rings. The molecule has 1 aromatic carbocycles. The van der Waals surface area contributed by atoms with Gasteiger partial charge >= 0.3 is 0 Å². The molecule has 3 nitrogen and oxygen atoms in total. The lowest BCUT2D eigenvalue weighted by Gasteiger charge is -1.92. The van der Waals surface area contributed by atoms with Crippen molar-refractivity contribution in [1.29, 1.82) is 0 Å². The first-order valence-electron chi connectivity index (χ1n) is 3.76. The third kappa shape index (κ3) is 1.48. The molecule has 13 heavy (non-hydrogen) atoms. The van der Waals surface area contributed by atoms with Crippen LogP contribution in [-0.4, -0.2) is 18.8 Å². The van der Waals surface area contributed by atoms with E-state index in [0.717, 1.165) is 10.9 Å². The van der Waals surface area contributed by atoms with E-state index in [-0.39, 0.29) is 0 Å². The van der Waals surface area contributed by atoms with Crippen molar-refractivity contribution in [2.45, 2.75) is 0 Å². The van der Waals surface area contributed by atoms with Gasteiger partial charge in [0.15, 0.2) is 0 Å². The molecule has 0 aliphatic heterocycles. The van der Waals surface area contributed by atoms with Gasteiger partial charge in [0, 0.05) is 11.8 Å². The van der Waals surface area contributed by atoms with Gasteiger partial charge in [-0.2, -0.15) is 8.42 Å². The summed E-state index contributed by atoms with van der Waals surface area (Å²) < 4.78 is 20.9. The van der Waals surface area contributed by atoms with Crippen molar-refractivity contribution in [3.05, 3.63) is 36.0 Å². The Kier molecular flexibility index (Phi) is 1.90. The number of hydrogen-bond donors (Lipinski definition) is 1. The molecule has 0 radical (unpaired) electrons. The second-order valence-electron chi connectivity index (χ2n) is 2.67. The summed E-state index contributed by atoms with van der Waals surface area (Å²) in [6, 6.07) is 7.42. The van der Waals surface area contributed by atoms with Crippen LogP contribution in [-0.2, 0) is 10.3 Å². The third-order valence-electron chi connectivity index (χ3n) is 1.84. The number of aromatic amines is 1. The average molecular weight is 193 g/mol. The Morgan fingerprint density at radius 3 is 2.85 bits per heavy atom. The Bertz CT molecular complexity index is 558. The maximum Gasteiger partial charge on any atom is 0.214 e. The van der Waals surface area contributed by atoms with Crippen molar-refractivity contribution in [2.75, 3.05) is 0 Å². The molecule has 0 fully saturated rings. The molecule has 0 spiro atoms. The molecule has 1 N–H and O–H groups in total. The lowest BCUT2D eigenvalue weighted by Crippen LogP contribution is -1.83. The topological polar surface area (TPSA) is 49.9 Å². The number of para-hydroxylation sites is 1. The van der Waals surface area contributed by atoms with Gasteiger partial charge in [0.25, 0.3) is 0 Å². The molecule has 1 aromatic heterocycles. The lowest BCUT2D eigenvalue weighted by molar-refractivity contribution is 0.627. The van der Waals surface area contributed by atoms with Crippen LogP contribution in [0.25, 0.3) is 10.9 Å². The standard InChI is InChI=1S/C9H7NO2S/c11-13(12)6-8-3-1-2-7-4-5-10-9(7)8/h1-6,10H. The van der Waals surface area contributed by atoms with E-state index in [1.165, 1.54) is 5.37 Å². The van der Waals surface area contributed by atoms with E-state index in [1.54, 1.807) is 12.3 Å². The van der Waals surface area contributed by atoms with Gasteiger partial charge in [0.1, 0.15) is 0 Å². The summed E-state index contributed by atoms with van der Waals surface area (Å²) in [5.74, 6) is 0. The normalized spacial score (nSPS) is 10.2. The molecule has 0 saturated heterocycles. The molecule has 4 heteroatoms. The quantitative estimate of drug-likeness (QED) is 0.692. The predicted octanol–water partition coefficient (Wildman–Crippen LogP) is 1.20. The second-order valence-corrected chi connectivity index (χ2v) is 3.42. The van der Waals surface area contributed by atoms with Gasteiger partial charge in [0.2, 0.25) is 10.3 Å². The summed E-state index contributed by atoms with van der Waals surface area (Å²) in [7, 11) is -2.15. The first-order valence-corrected chi connectivity index (χ1v) is 4.90. The Morgan fingerprint density at radius 1 is 1.23 bits per heavy atom. The smallest absolute Gasteiger partial charge is 0.214 e. The highest BCUT2D eigenvalue weighted by atomic mass is 32.2. The van der Waals surface area contributed by atoms with E-state index in [1.807, 2.05) is 18.2 Å².